The lowest BCUT2D eigenvalue weighted by atomic mass is 9.64. The molecule has 2 fully saturated rings. The lowest BCUT2D eigenvalue weighted by molar-refractivity contribution is 0.0996. The van der Waals surface area contributed by atoms with Gasteiger partial charge in [0.2, 0.25) is 0 Å². The molecule has 0 nitrogen and oxygen atoms in total. The van der Waals surface area contributed by atoms with Gasteiger partial charge in [0.1, 0.15) is 0 Å². The Balaban J connectivity index is 1.89. The van der Waals surface area contributed by atoms with Crippen LogP contribution in [0, 0.1) is 11.3 Å². The molecule has 0 amide bonds. The zero-order valence-electron chi connectivity index (χ0n) is 12.7. The second-order valence-corrected chi connectivity index (χ2v) is 7.32. The van der Waals surface area contributed by atoms with Crippen molar-refractivity contribution in [1.82, 2.24) is 0 Å². The van der Waals surface area contributed by atoms with Crippen LogP contribution in [0.15, 0.2) is 0 Å². The molecule has 2 saturated carbocycles. The van der Waals surface area contributed by atoms with Gasteiger partial charge < -0.3 is 0 Å². The smallest absolute Gasteiger partial charge is 0.0298 e. The van der Waals surface area contributed by atoms with Crippen molar-refractivity contribution in [3.05, 3.63) is 0 Å². The molecule has 0 saturated heterocycles. The molecule has 2 aliphatic rings. The minimum absolute atomic E-state index is 0.715. The van der Waals surface area contributed by atoms with Crippen molar-refractivity contribution in [3.8, 4) is 0 Å². The number of hydrogen-bond donors (Lipinski definition) is 0. The van der Waals surface area contributed by atoms with Crippen LogP contribution in [0.4, 0.5) is 0 Å². The van der Waals surface area contributed by atoms with Gasteiger partial charge in [-0.1, -0.05) is 77.6 Å². The Hall–Kier alpha value is 0. The first-order chi connectivity index (χ1) is 8.81. The minimum atomic E-state index is 0.715. The molecule has 0 atom stereocenters. The van der Waals surface area contributed by atoms with Crippen molar-refractivity contribution in [1.29, 1.82) is 0 Å². The van der Waals surface area contributed by atoms with E-state index in [9.17, 15) is 0 Å². The Bertz CT molecular complexity index is 200. The first-order valence-corrected chi connectivity index (χ1v) is 8.81. The third-order valence-corrected chi connectivity index (χ3v) is 5.84. The van der Waals surface area contributed by atoms with Gasteiger partial charge >= 0.3 is 0 Å². The van der Waals surface area contributed by atoms with Crippen molar-refractivity contribution in [2.45, 2.75) is 103 Å². The summed E-state index contributed by atoms with van der Waals surface area (Å²) in [6.07, 6.45) is 22.7. The summed E-state index contributed by atoms with van der Waals surface area (Å²) in [5.74, 6) is 1.05. The Morgan fingerprint density at radius 2 is 0.944 bits per heavy atom. The fourth-order valence-electron chi connectivity index (χ4n) is 4.45. The molecule has 106 valence electrons. The molecule has 0 bridgehead atoms. The fraction of sp³-hybridized carbons (Fsp3) is 1.00. The summed E-state index contributed by atoms with van der Waals surface area (Å²) in [6, 6.07) is 0. The third-order valence-electron chi connectivity index (χ3n) is 5.84. The highest BCUT2D eigenvalue weighted by molar-refractivity contribution is 4.85. The summed E-state index contributed by atoms with van der Waals surface area (Å²) >= 11 is 0. The van der Waals surface area contributed by atoms with Crippen molar-refractivity contribution in [2.75, 3.05) is 0 Å². The van der Waals surface area contributed by atoms with Gasteiger partial charge in [-0.15, -0.1) is 0 Å². The van der Waals surface area contributed by atoms with E-state index in [0.717, 1.165) is 5.92 Å². The molecule has 2 rings (SSSR count). The highest BCUT2D eigenvalue weighted by Crippen LogP contribution is 2.46. The van der Waals surface area contributed by atoms with Gasteiger partial charge in [-0.05, 0) is 37.0 Å². The lowest BCUT2D eigenvalue weighted by Gasteiger charge is -2.41. The van der Waals surface area contributed by atoms with Crippen molar-refractivity contribution < 1.29 is 0 Å². The van der Waals surface area contributed by atoms with Crippen LogP contribution in [0.5, 0.6) is 0 Å². The Labute approximate surface area is 115 Å². The zero-order valence-corrected chi connectivity index (χ0v) is 12.7. The van der Waals surface area contributed by atoms with Crippen LogP contribution in [0.1, 0.15) is 103 Å². The maximum Gasteiger partial charge on any atom is -0.0298 e. The van der Waals surface area contributed by atoms with E-state index >= 15 is 0 Å². The average molecular weight is 250 g/mol. The van der Waals surface area contributed by atoms with Crippen LogP contribution in [-0.2, 0) is 0 Å². The highest BCUT2D eigenvalue weighted by atomic mass is 14.4. The van der Waals surface area contributed by atoms with Crippen molar-refractivity contribution >= 4 is 0 Å². The summed E-state index contributed by atoms with van der Waals surface area (Å²) in [4.78, 5) is 0. The zero-order chi connectivity index (χ0) is 12.7. The van der Waals surface area contributed by atoms with E-state index in [-0.39, 0.29) is 0 Å². The molecule has 0 unspecified atom stereocenters. The lowest BCUT2D eigenvalue weighted by Crippen LogP contribution is -2.30. The van der Waals surface area contributed by atoms with Crippen LogP contribution in [0.25, 0.3) is 0 Å². The summed E-state index contributed by atoms with van der Waals surface area (Å²) < 4.78 is 0. The standard InChI is InChI=1S/C18H34/c1-18(15-11-8-12-16-18)17-13-9-6-4-2-3-5-7-10-14-17/h17H,2-16H2,1H3. The second-order valence-electron chi connectivity index (χ2n) is 7.32. The maximum atomic E-state index is 2.62. The topological polar surface area (TPSA) is 0 Å². The highest BCUT2D eigenvalue weighted by Gasteiger charge is 2.34. The van der Waals surface area contributed by atoms with Gasteiger partial charge in [0.25, 0.3) is 0 Å². The van der Waals surface area contributed by atoms with E-state index in [1.807, 2.05) is 0 Å². The van der Waals surface area contributed by atoms with Gasteiger partial charge in [-0.2, -0.15) is 0 Å². The molecule has 0 N–H and O–H groups in total. The summed E-state index contributed by atoms with van der Waals surface area (Å²) in [5, 5.41) is 0. The number of rotatable bonds is 1. The maximum absolute atomic E-state index is 2.62. The molecule has 0 radical (unpaired) electrons. The summed E-state index contributed by atoms with van der Waals surface area (Å²) in [6.45, 7) is 2.62. The van der Waals surface area contributed by atoms with Gasteiger partial charge in [0, 0.05) is 0 Å². The predicted molar refractivity (Wildman–Crippen MR) is 80.9 cm³/mol. The molecule has 0 aliphatic heterocycles. The van der Waals surface area contributed by atoms with Crippen LogP contribution < -0.4 is 0 Å². The van der Waals surface area contributed by atoms with Crippen LogP contribution in [0.2, 0.25) is 0 Å². The Morgan fingerprint density at radius 1 is 0.556 bits per heavy atom. The monoisotopic (exact) mass is 250 g/mol. The predicted octanol–water partition coefficient (Wildman–Crippen LogP) is 6.49. The van der Waals surface area contributed by atoms with Crippen LogP contribution in [-0.4, -0.2) is 0 Å². The largest absolute Gasteiger partial charge is 0.0594 e. The third kappa shape index (κ3) is 4.28. The minimum Gasteiger partial charge on any atom is -0.0594 e. The molecular weight excluding hydrogens is 216 g/mol. The molecule has 0 heteroatoms. The summed E-state index contributed by atoms with van der Waals surface area (Å²) in [7, 11) is 0. The number of hydrogen-bond acceptors (Lipinski definition) is 0. The molecule has 0 heterocycles. The van der Waals surface area contributed by atoms with E-state index in [1.54, 1.807) is 0 Å². The molecule has 0 aromatic carbocycles. The fourth-order valence-corrected chi connectivity index (χ4v) is 4.45. The summed E-state index contributed by atoms with van der Waals surface area (Å²) in [5.41, 5.74) is 0.715. The van der Waals surface area contributed by atoms with E-state index < -0.39 is 0 Å². The van der Waals surface area contributed by atoms with Gasteiger partial charge in [-0.25, -0.2) is 0 Å². The van der Waals surface area contributed by atoms with Crippen LogP contribution >= 0.6 is 0 Å². The van der Waals surface area contributed by atoms with E-state index in [4.69, 9.17) is 0 Å². The molecule has 0 aromatic rings. The SMILES string of the molecule is CC1(C2CCCCCCCCCC2)CCCCC1. The molecule has 2 aliphatic carbocycles. The molecule has 0 spiro atoms. The molecule has 18 heavy (non-hydrogen) atoms. The van der Waals surface area contributed by atoms with E-state index in [0.29, 0.717) is 5.41 Å². The van der Waals surface area contributed by atoms with Gasteiger partial charge in [-0.3, -0.25) is 0 Å². The van der Waals surface area contributed by atoms with Crippen LogP contribution in [0.3, 0.4) is 0 Å². The Morgan fingerprint density at radius 3 is 1.44 bits per heavy atom. The first-order valence-electron chi connectivity index (χ1n) is 8.81. The van der Waals surface area contributed by atoms with Gasteiger partial charge in [0.15, 0.2) is 0 Å². The quantitative estimate of drug-likeness (QED) is 0.499. The van der Waals surface area contributed by atoms with Crippen molar-refractivity contribution in [3.63, 3.8) is 0 Å². The first kappa shape index (κ1) is 14.4. The molecular formula is C18H34. The van der Waals surface area contributed by atoms with E-state index in [1.165, 1.54) is 96.3 Å². The average Bonchev–Trinajstić information content (AvgIpc) is 2.44. The Kier molecular flexibility index (Phi) is 6.05. The van der Waals surface area contributed by atoms with E-state index in [2.05, 4.69) is 6.92 Å². The molecule has 0 aromatic heterocycles. The van der Waals surface area contributed by atoms with Gasteiger partial charge in [0.05, 0.1) is 0 Å². The normalized spacial score (nSPS) is 28.5. The second kappa shape index (κ2) is 7.56. The van der Waals surface area contributed by atoms with Crippen molar-refractivity contribution in [2.24, 2.45) is 11.3 Å².